The Kier molecular flexibility index (Phi) is 2.18. The maximum absolute atomic E-state index is 13.2. The molecular formula is C10H7FN2S. The van der Waals surface area contributed by atoms with Gasteiger partial charge in [0.15, 0.2) is 0 Å². The minimum Gasteiger partial charge on any atom is -0.241 e. The van der Waals surface area contributed by atoms with Crippen molar-refractivity contribution in [2.45, 2.75) is 13.3 Å². The van der Waals surface area contributed by atoms with E-state index in [1.807, 2.05) is 13.0 Å². The van der Waals surface area contributed by atoms with Gasteiger partial charge in [-0.2, -0.15) is 5.26 Å². The van der Waals surface area contributed by atoms with Crippen molar-refractivity contribution < 1.29 is 4.39 Å². The summed E-state index contributed by atoms with van der Waals surface area (Å²) in [6.07, 6.45) is 0.836. The summed E-state index contributed by atoms with van der Waals surface area (Å²) in [7, 11) is 0. The zero-order valence-electron chi connectivity index (χ0n) is 7.54. The zero-order valence-corrected chi connectivity index (χ0v) is 8.36. The van der Waals surface area contributed by atoms with Crippen LogP contribution in [0.2, 0.25) is 0 Å². The first-order valence-electron chi connectivity index (χ1n) is 4.23. The Labute approximate surface area is 84.6 Å². The molecule has 1 heterocycles. The molecule has 70 valence electrons. The lowest BCUT2D eigenvalue weighted by Crippen LogP contribution is -1.82. The second-order valence-electron chi connectivity index (χ2n) is 2.87. The van der Waals surface area contributed by atoms with Crippen LogP contribution in [-0.4, -0.2) is 4.98 Å². The standard InChI is InChI=1S/C10H7FN2S/c1-2-10-13-8-4-7(11)6(5-12)3-9(8)14-10/h3-4H,2H2,1H3. The van der Waals surface area contributed by atoms with Gasteiger partial charge in [0.25, 0.3) is 0 Å². The first-order chi connectivity index (χ1) is 6.74. The zero-order chi connectivity index (χ0) is 10.1. The summed E-state index contributed by atoms with van der Waals surface area (Å²) in [5.74, 6) is -0.493. The van der Waals surface area contributed by atoms with E-state index in [1.165, 1.54) is 17.4 Å². The van der Waals surface area contributed by atoms with Crippen molar-refractivity contribution in [1.82, 2.24) is 4.98 Å². The molecule has 0 unspecified atom stereocenters. The second-order valence-corrected chi connectivity index (χ2v) is 3.99. The van der Waals surface area contributed by atoms with Gasteiger partial charge in [-0.3, -0.25) is 0 Å². The summed E-state index contributed by atoms with van der Waals surface area (Å²) in [4.78, 5) is 4.24. The van der Waals surface area contributed by atoms with E-state index in [-0.39, 0.29) is 5.56 Å². The number of benzene rings is 1. The molecule has 0 amide bonds. The highest BCUT2D eigenvalue weighted by Crippen LogP contribution is 2.25. The van der Waals surface area contributed by atoms with Gasteiger partial charge in [-0.05, 0) is 12.5 Å². The molecule has 4 heteroatoms. The number of rotatable bonds is 1. The highest BCUT2D eigenvalue weighted by Gasteiger charge is 2.07. The van der Waals surface area contributed by atoms with Crippen LogP contribution in [0, 0.1) is 17.1 Å². The molecule has 0 N–H and O–H groups in total. The van der Waals surface area contributed by atoms with E-state index >= 15 is 0 Å². The number of aryl methyl sites for hydroxylation is 1. The van der Waals surface area contributed by atoms with E-state index in [9.17, 15) is 4.39 Å². The molecule has 0 saturated heterocycles. The Bertz CT molecular complexity index is 525. The Morgan fingerprint density at radius 2 is 2.36 bits per heavy atom. The number of aromatic nitrogens is 1. The summed E-state index contributed by atoms with van der Waals surface area (Å²) in [5, 5.41) is 9.60. The highest BCUT2D eigenvalue weighted by atomic mass is 32.1. The summed E-state index contributed by atoms with van der Waals surface area (Å²) in [5.41, 5.74) is 0.729. The Balaban J connectivity index is 2.71. The van der Waals surface area contributed by atoms with Crippen molar-refractivity contribution in [3.05, 3.63) is 28.5 Å². The molecule has 2 nitrogen and oxygen atoms in total. The lowest BCUT2D eigenvalue weighted by Gasteiger charge is -1.91. The maximum Gasteiger partial charge on any atom is 0.143 e. The van der Waals surface area contributed by atoms with Crippen molar-refractivity contribution in [3.63, 3.8) is 0 Å². The maximum atomic E-state index is 13.2. The minimum atomic E-state index is -0.493. The van der Waals surface area contributed by atoms with Gasteiger partial charge >= 0.3 is 0 Å². The average molecular weight is 206 g/mol. The molecule has 0 radical (unpaired) electrons. The lowest BCUT2D eigenvalue weighted by atomic mass is 10.2. The van der Waals surface area contributed by atoms with E-state index in [1.54, 1.807) is 6.07 Å². The van der Waals surface area contributed by atoms with E-state index in [4.69, 9.17) is 5.26 Å². The van der Waals surface area contributed by atoms with E-state index in [0.717, 1.165) is 16.1 Å². The van der Waals surface area contributed by atoms with Gasteiger partial charge in [-0.15, -0.1) is 11.3 Å². The third kappa shape index (κ3) is 1.36. The van der Waals surface area contributed by atoms with Crippen LogP contribution in [0.15, 0.2) is 12.1 Å². The number of thiazole rings is 1. The molecular weight excluding hydrogens is 199 g/mol. The number of nitrogens with zero attached hydrogens (tertiary/aromatic N) is 2. The number of hydrogen-bond acceptors (Lipinski definition) is 3. The number of nitriles is 1. The van der Waals surface area contributed by atoms with Crippen LogP contribution in [0.3, 0.4) is 0 Å². The Hall–Kier alpha value is -1.47. The third-order valence-electron chi connectivity index (χ3n) is 1.94. The van der Waals surface area contributed by atoms with Gasteiger partial charge < -0.3 is 0 Å². The van der Waals surface area contributed by atoms with Crippen LogP contribution in [0.1, 0.15) is 17.5 Å². The Morgan fingerprint density at radius 1 is 1.57 bits per heavy atom. The van der Waals surface area contributed by atoms with Gasteiger partial charge in [-0.1, -0.05) is 6.92 Å². The van der Waals surface area contributed by atoms with Crippen molar-refractivity contribution in [2.24, 2.45) is 0 Å². The van der Waals surface area contributed by atoms with Crippen LogP contribution in [0.4, 0.5) is 4.39 Å². The molecule has 0 saturated carbocycles. The lowest BCUT2D eigenvalue weighted by molar-refractivity contribution is 0.625. The molecule has 0 atom stereocenters. The molecule has 2 rings (SSSR count). The topological polar surface area (TPSA) is 36.7 Å². The molecule has 0 bridgehead atoms. The monoisotopic (exact) mass is 206 g/mol. The average Bonchev–Trinajstić information content (AvgIpc) is 2.58. The molecule has 0 aliphatic carbocycles. The molecule has 0 fully saturated rings. The fourth-order valence-corrected chi connectivity index (χ4v) is 2.16. The van der Waals surface area contributed by atoms with Gasteiger partial charge in [0.2, 0.25) is 0 Å². The van der Waals surface area contributed by atoms with Gasteiger partial charge in [0, 0.05) is 6.07 Å². The van der Waals surface area contributed by atoms with E-state index in [0.29, 0.717) is 5.52 Å². The SMILES string of the molecule is CCc1nc2cc(F)c(C#N)cc2s1. The summed E-state index contributed by atoms with van der Waals surface area (Å²) < 4.78 is 14.1. The number of hydrogen-bond donors (Lipinski definition) is 0. The smallest absolute Gasteiger partial charge is 0.143 e. The van der Waals surface area contributed by atoms with E-state index in [2.05, 4.69) is 4.98 Å². The quantitative estimate of drug-likeness (QED) is 0.719. The first kappa shape index (κ1) is 9.10. The highest BCUT2D eigenvalue weighted by molar-refractivity contribution is 7.18. The fourth-order valence-electron chi connectivity index (χ4n) is 1.23. The van der Waals surface area contributed by atoms with E-state index < -0.39 is 5.82 Å². The fraction of sp³-hybridized carbons (Fsp3) is 0.200. The van der Waals surface area contributed by atoms with Gasteiger partial charge in [0.1, 0.15) is 11.9 Å². The molecule has 1 aromatic carbocycles. The molecule has 0 aliphatic rings. The summed E-state index contributed by atoms with van der Waals surface area (Å²) in [6.45, 7) is 2.00. The molecule has 2 aromatic rings. The van der Waals surface area contributed by atoms with Crippen molar-refractivity contribution in [3.8, 4) is 6.07 Å². The molecule has 0 spiro atoms. The van der Waals surface area contributed by atoms with Crippen molar-refractivity contribution >= 4 is 21.6 Å². The molecule has 1 aromatic heterocycles. The third-order valence-corrected chi connectivity index (χ3v) is 3.11. The molecule has 14 heavy (non-hydrogen) atoms. The van der Waals surface area contributed by atoms with Gasteiger partial charge in [0.05, 0.1) is 20.8 Å². The molecule has 0 aliphatic heterocycles. The van der Waals surface area contributed by atoms with Crippen LogP contribution >= 0.6 is 11.3 Å². The van der Waals surface area contributed by atoms with Gasteiger partial charge in [-0.25, -0.2) is 9.37 Å². The minimum absolute atomic E-state index is 0.0869. The van der Waals surface area contributed by atoms with Crippen molar-refractivity contribution in [1.29, 1.82) is 5.26 Å². The predicted octanol–water partition coefficient (Wildman–Crippen LogP) is 2.87. The summed E-state index contributed by atoms with van der Waals surface area (Å²) >= 11 is 1.51. The number of fused-ring (bicyclic) bond motifs is 1. The normalized spacial score (nSPS) is 10.4. The van der Waals surface area contributed by atoms with Crippen LogP contribution < -0.4 is 0 Å². The number of halogens is 1. The Morgan fingerprint density at radius 3 is 3.00 bits per heavy atom. The first-order valence-corrected chi connectivity index (χ1v) is 5.05. The largest absolute Gasteiger partial charge is 0.241 e. The van der Waals surface area contributed by atoms with Crippen molar-refractivity contribution in [2.75, 3.05) is 0 Å². The van der Waals surface area contributed by atoms with Crippen LogP contribution in [0.25, 0.3) is 10.2 Å². The van der Waals surface area contributed by atoms with Crippen LogP contribution in [0.5, 0.6) is 0 Å². The van der Waals surface area contributed by atoms with Crippen LogP contribution in [-0.2, 0) is 6.42 Å². The second kappa shape index (κ2) is 3.35. The predicted molar refractivity (Wildman–Crippen MR) is 53.7 cm³/mol. The summed E-state index contributed by atoms with van der Waals surface area (Å²) in [6, 6.07) is 4.70.